The Balaban J connectivity index is 2.41. The molecule has 1 aliphatic heterocycles. The van der Waals surface area contributed by atoms with Gasteiger partial charge in [0.15, 0.2) is 0 Å². The van der Waals surface area contributed by atoms with E-state index in [-0.39, 0.29) is 21.4 Å². The van der Waals surface area contributed by atoms with E-state index in [2.05, 4.69) is 11.2 Å². The molecule has 1 amide bonds. The summed E-state index contributed by atoms with van der Waals surface area (Å²) in [5.74, 6) is 1.67. The lowest BCUT2D eigenvalue weighted by atomic mass is 10.2. The minimum atomic E-state index is -4.06. The van der Waals surface area contributed by atoms with Gasteiger partial charge in [-0.2, -0.15) is 0 Å². The number of hydrogen-bond acceptors (Lipinski definition) is 4. The fourth-order valence-corrected chi connectivity index (χ4v) is 3.42. The summed E-state index contributed by atoms with van der Waals surface area (Å²) in [4.78, 5) is 12.0. The number of sulfonamides is 1. The van der Waals surface area contributed by atoms with Crippen LogP contribution in [0.25, 0.3) is 0 Å². The zero-order valence-corrected chi connectivity index (χ0v) is 12.9. The molecule has 0 spiro atoms. The molecule has 1 heterocycles. The first-order chi connectivity index (χ1) is 9.87. The van der Waals surface area contributed by atoms with Gasteiger partial charge < -0.3 is 5.32 Å². The number of amides is 1. The summed E-state index contributed by atoms with van der Waals surface area (Å²) < 4.78 is 25.6. The van der Waals surface area contributed by atoms with Crippen LogP contribution in [0.15, 0.2) is 35.5 Å². The van der Waals surface area contributed by atoms with Gasteiger partial charge in [-0.3, -0.25) is 4.79 Å². The monoisotopic (exact) mass is 344 g/mol. The summed E-state index contributed by atoms with van der Waals surface area (Å²) in [7, 11) is -4.06. The normalized spacial score (nSPS) is 18.2. The summed E-state index contributed by atoms with van der Waals surface area (Å²) in [6, 6.07) is 3.05. The van der Waals surface area contributed by atoms with Crippen LogP contribution >= 0.6 is 23.2 Å². The van der Waals surface area contributed by atoms with Crippen molar-refractivity contribution in [2.75, 3.05) is 0 Å². The molecule has 0 radical (unpaired) electrons. The number of hydrogen-bond donors (Lipinski definition) is 1. The van der Waals surface area contributed by atoms with Crippen LogP contribution in [0.1, 0.15) is 6.42 Å². The minimum Gasteiger partial charge on any atom is -0.378 e. The number of halogens is 2. The third kappa shape index (κ3) is 3.00. The van der Waals surface area contributed by atoms with Crippen LogP contribution < -0.4 is 5.32 Å². The topological polar surface area (TPSA) is 66.5 Å². The van der Waals surface area contributed by atoms with Crippen molar-refractivity contribution < 1.29 is 13.2 Å². The first-order valence-electron chi connectivity index (χ1n) is 5.77. The maximum absolute atomic E-state index is 12.5. The highest BCUT2D eigenvalue weighted by molar-refractivity contribution is 7.89. The molecule has 21 heavy (non-hydrogen) atoms. The van der Waals surface area contributed by atoms with Crippen LogP contribution in [0, 0.1) is 12.3 Å². The van der Waals surface area contributed by atoms with Gasteiger partial charge in [0.05, 0.1) is 14.9 Å². The summed E-state index contributed by atoms with van der Waals surface area (Å²) in [5, 5.41) is 3.03. The fourth-order valence-electron chi connectivity index (χ4n) is 1.74. The van der Waals surface area contributed by atoms with Gasteiger partial charge in [-0.25, -0.2) is 12.7 Å². The van der Waals surface area contributed by atoms with Crippen molar-refractivity contribution in [3.63, 3.8) is 0 Å². The van der Waals surface area contributed by atoms with E-state index < -0.39 is 22.0 Å². The van der Waals surface area contributed by atoms with E-state index >= 15 is 0 Å². The largest absolute Gasteiger partial charge is 0.378 e. The van der Waals surface area contributed by atoms with Gasteiger partial charge in [0, 0.05) is 18.8 Å². The predicted octanol–water partition coefficient (Wildman–Crippen LogP) is 1.98. The molecule has 1 unspecified atom stereocenters. The number of nitrogens with zero attached hydrogens (tertiary/aromatic N) is 1. The van der Waals surface area contributed by atoms with E-state index in [1.54, 1.807) is 0 Å². The second-order valence-corrected chi connectivity index (χ2v) is 6.79. The number of nitrogens with one attached hydrogen (secondary N) is 1. The number of benzene rings is 1. The molecule has 1 aromatic rings. The van der Waals surface area contributed by atoms with Crippen LogP contribution in [0.3, 0.4) is 0 Å². The van der Waals surface area contributed by atoms with Gasteiger partial charge in [-0.1, -0.05) is 23.2 Å². The SMILES string of the molecule is C#CCC1NC=CN(S(=O)(=O)c2ccc(Cl)c(Cl)c2)C1=O. The summed E-state index contributed by atoms with van der Waals surface area (Å²) >= 11 is 11.6. The zero-order valence-electron chi connectivity index (χ0n) is 10.6. The lowest BCUT2D eigenvalue weighted by Crippen LogP contribution is -2.48. The van der Waals surface area contributed by atoms with Crippen molar-refractivity contribution in [1.29, 1.82) is 0 Å². The summed E-state index contributed by atoms with van der Waals surface area (Å²) in [6.45, 7) is 0. The molecule has 0 bridgehead atoms. The van der Waals surface area contributed by atoms with Crippen LogP contribution in [-0.4, -0.2) is 24.7 Å². The molecule has 0 saturated carbocycles. The van der Waals surface area contributed by atoms with E-state index in [0.717, 1.165) is 6.20 Å². The number of terminal acetylenes is 1. The first-order valence-corrected chi connectivity index (χ1v) is 7.97. The quantitative estimate of drug-likeness (QED) is 0.851. The van der Waals surface area contributed by atoms with E-state index in [9.17, 15) is 13.2 Å². The molecule has 5 nitrogen and oxygen atoms in total. The highest BCUT2D eigenvalue weighted by atomic mass is 35.5. The van der Waals surface area contributed by atoms with Gasteiger partial charge >= 0.3 is 0 Å². The molecule has 2 rings (SSSR count). The van der Waals surface area contributed by atoms with Crippen molar-refractivity contribution in [2.45, 2.75) is 17.4 Å². The van der Waals surface area contributed by atoms with E-state index in [4.69, 9.17) is 29.6 Å². The third-order valence-electron chi connectivity index (χ3n) is 2.79. The fraction of sp³-hybridized carbons (Fsp3) is 0.154. The second-order valence-electron chi connectivity index (χ2n) is 4.16. The van der Waals surface area contributed by atoms with E-state index in [0.29, 0.717) is 4.31 Å². The molecule has 110 valence electrons. The number of rotatable bonds is 3. The second kappa shape index (κ2) is 5.98. The van der Waals surface area contributed by atoms with Crippen LogP contribution in [0.2, 0.25) is 10.0 Å². The van der Waals surface area contributed by atoms with Crippen molar-refractivity contribution in [3.05, 3.63) is 40.6 Å². The molecule has 0 aromatic heterocycles. The number of carbonyl (C=O) groups is 1. The van der Waals surface area contributed by atoms with Gasteiger partial charge in [-0.05, 0) is 18.2 Å². The highest BCUT2D eigenvalue weighted by Crippen LogP contribution is 2.27. The number of carbonyl (C=O) groups excluding carboxylic acids is 1. The molecule has 8 heteroatoms. The summed E-state index contributed by atoms with van der Waals surface area (Å²) in [6.07, 6.45) is 7.73. The maximum Gasteiger partial charge on any atom is 0.270 e. The van der Waals surface area contributed by atoms with E-state index in [1.165, 1.54) is 24.4 Å². The van der Waals surface area contributed by atoms with Gasteiger partial charge in [-0.15, -0.1) is 12.3 Å². The predicted molar refractivity (Wildman–Crippen MR) is 80.0 cm³/mol. The highest BCUT2D eigenvalue weighted by Gasteiger charge is 2.34. The maximum atomic E-state index is 12.5. The van der Waals surface area contributed by atoms with Crippen LogP contribution in [0.4, 0.5) is 0 Å². The molecular formula is C13H10Cl2N2O3S. The Morgan fingerprint density at radius 1 is 1.33 bits per heavy atom. The Bertz CT molecular complexity index is 753. The Kier molecular flexibility index (Phi) is 4.47. The van der Waals surface area contributed by atoms with Gasteiger partial charge in [0.2, 0.25) is 0 Å². The third-order valence-corrected chi connectivity index (χ3v) is 5.20. The van der Waals surface area contributed by atoms with Gasteiger partial charge in [0.25, 0.3) is 15.9 Å². The minimum absolute atomic E-state index is 0.0799. The Hall–Kier alpha value is -1.68. The Morgan fingerprint density at radius 3 is 2.67 bits per heavy atom. The molecule has 1 aliphatic rings. The van der Waals surface area contributed by atoms with Crippen molar-refractivity contribution in [2.24, 2.45) is 0 Å². The molecule has 1 atom stereocenters. The van der Waals surface area contributed by atoms with Crippen molar-refractivity contribution >= 4 is 39.1 Å². The zero-order chi connectivity index (χ0) is 15.6. The van der Waals surface area contributed by atoms with Crippen molar-refractivity contribution in [1.82, 2.24) is 9.62 Å². The van der Waals surface area contributed by atoms with Gasteiger partial charge in [0.1, 0.15) is 6.04 Å². The smallest absolute Gasteiger partial charge is 0.270 e. The standard InChI is InChI=1S/C13H10Cl2N2O3S/c1-2-3-12-13(18)17(7-6-16-12)21(19,20)9-4-5-10(14)11(15)8-9/h1,4-8,12,16H,3H2. The molecule has 1 N–H and O–H groups in total. The molecule has 0 fully saturated rings. The average Bonchev–Trinajstić information content (AvgIpc) is 2.44. The van der Waals surface area contributed by atoms with Crippen LogP contribution in [-0.2, 0) is 14.8 Å². The lowest BCUT2D eigenvalue weighted by Gasteiger charge is -2.27. The lowest BCUT2D eigenvalue weighted by molar-refractivity contribution is -0.127. The first kappa shape index (κ1) is 15.7. The van der Waals surface area contributed by atoms with Crippen LogP contribution in [0.5, 0.6) is 0 Å². The Morgan fingerprint density at radius 2 is 2.05 bits per heavy atom. The molecule has 0 aliphatic carbocycles. The average molecular weight is 345 g/mol. The molecule has 0 saturated heterocycles. The Labute approximate surface area is 132 Å². The summed E-state index contributed by atoms with van der Waals surface area (Å²) in [5.41, 5.74) is 0. The molecular weight excluding hydrogens is 335 g/mol. The van der Waals surface area contributed by atoms with E-state index in [1.807, 2.05) is 0 Å². The van der Waals surface area contributed by atoms with Crippen molar-refractivity contribution in [3.8, 4) is 12.3 Å². The molecule has 1 aromatic carbocycles.